The monoisotopic (exact) mass is 301 g/mol. The van der Waals surface area contributed by atoms with Crippen LogP contribution in [0, 0.1) is 21.4 Å². The minimum absolute atomic E-state index is 0.0604. The van der Waals surface area contributed by atoms with Gasteiger partial charge in [0.1, 0.15) is 5.69 Å². The molecule has 0 saturated heterocycles. The maximum atomic E-state index is 11.0. The van der Waals surface area contributed by atoms with Crippen molar-refractivity contribution in [2.24, 2.45) is 0 Å². The van der Waals surface area contributed by atoms with E-state index in [1.165, 1.54) is 18.2 Å². The van der Waals surface area contributed by atoms with Gasteiger partial charge in [-0.2, -0.15) is 5.26 Å². The Morgan fingerprint density at radius 3 is 2.52 bits per heavy atom. The first-order chi connectivity index (χ1) is 10.0. The van der Waals surface area contributed by atoms with E-state index in [0.717, 1.165) is 5.56 Å². The highest BCUT2D eigenvalue weighted by atomic mass is 35.5. The largest absolute Gasteiger partial charge is 0.373 e. The Balaban J connectivity index is 2.31. The predicted molar refractivity (Wildman–Crippen MR) is 81.3 cm³/mol. The van der Waals surface area contributed by atoms with Crippen LogP contribution in [0.3, 0.4) is 0 Å². The molecule has 0 bridgehead atoms. The summed E-state index contributed by atoms with van der Waals surface area (Å²) in [6.07, 6.45) is 0. The Bertz CT molecular complexity index is 708. The quantitative estimate of drug-likeness (QED) is 0.674. The van der Waals surface area contributed by atoms with E-state index in [4.69, 9.17) is 16.9 Å². The summed E-state index contributed by atoms with van der Waals surface area (Å²) in [6, 6.07) is 13.3. The summed E-state index contributed by atoms with van der Waals surface area (Å²) in [5.74, 6) is 0. The Morgan fingerprint density at radius 1 is 1.29 bits per heavy atom. The van der Waals surface area contributed by atoms with Crippen molar-refractivity contribution < 1.29 is 4.92 Å². The van der Waals surface area contributed by atoms with Crippen LogP contribution in [0.25, 0.3) is 0 Å². The number of halogens is 1. The maximum absolute atomic E-state index is 11.0. The standard InChI is InChI=1S/C15H12ClN3O2/c1-10(12-3-5-13(16)6-4-12)18-14-8-11(9-17)2-7-15(14)19(20)21/h2-8,10,18H,1H3. The lowest BCUT2D eigenvalue weighted by Crippen LogP contribution is -2.08. The molecule has 0 heterocycles. The Hall–Kier alpha value is -2.58. The average Bonchev–Trinajstić information content (AvgIpc) is 2.47. The van der Waals surface area contributed by atoms with Crippen molar-refractivity contribution in [2.45, 2.75) is 13.0 Å². The topological polar surface area (TPSA) is 79.0 Å². The summed E-state index contributed by atoms with van der Waals surface area (Å²) in [7, 11) is 0. The predicted octanol–water partition coefficient (Wildman–Crippen LogP) is 4.29. The fourth-order valence-corrected chi connectivity index (χ4v) is 2.07. The van der Waals surface area contributed by atoms with Crippen LogP contribution in [-0.2, 0) is 0 Å². The lowest BCUT2D eigenvalue weighted by Gasteiger charge is -2.16. The molecule has 0 saturated carbocycles. The highest BCUT2D eigenvalue weighted by Gasteiger charge is 2.16. The first kappa shape index (κ1) is 14.8. The first-order valence-electron chi connectivity index (χ1n) is 6.22. The number of hydrogen-bond donors (Lipinski definition) is 1. The van der Waals surface area contributed by atoms with Crippen LogP contribution in [0.5, 0.6) is 0 Å². The number of hydrogen-bond acceptors (Lipinski definition) is 4. The van der Waals surface area contributed by atoms with Crippen molar-refractivity contribution in [3.63, 3.8) is 0 Å². The van der Waals surface area contributed by atoms with Gasteiger partial charge in [0.05, 0.1) is 16.6 Å². The molecule has 0 aliphatic heterocycles. The molecule has 0 aromatic heterocycles. The van der Waals surface area contributed by atoms with Gasteiger partial charge in [-0.05, 0) is 36.8 Å². The fraction of sp³-hybridized carbons (Fsp3) is 0.133. The summed E-state index contributed by atoms with van der Waals surface area (Å²) in [6.45, 7) is 1.88. The van der Waals surface area contributed by atoms with Crippen LogP contribution >= 0.6 is 11.6 Å². The summed E-state index contributed by atoms with van der Waals surface area (Å²) in [5, 5.41) is 23.7. The molecule has 0 aliphatic rings. The number of rotatable bonds is 4. The smallest absolute Gasteiger partial charge is 0.292 e. The summed E-state index contributed by atoms with van der Waals surface area (Å²) in [5.41, 5.74) is 1.57. The number of anilines is 1. The third-order valence-corrected chi connectivity index (χ3v) is 3.32. The molecule has 0 aliphatic carbocycles. The van der Waals surface area contributed by atoms with Crippen LogP contribution in [0.4, 0.5) is 11.4 Å². The molecule has 5 nitrogen and oxygen atoms in total. The van der Waals surface area contributed by atoms with E-state index in [9.17, 15) is 10.1 Å². The molecule has 1 unspecified atom stereocenters. The van der Waals surface area contributed by atoms with E-state index in [1.54, 1.807) is 12.1 Å². The number of nitrogens with one attached hydrogen (secondary N) is 1. The van der Waals surface area contributed by atoms with Gasteiger partial charge in [-0.3, -0.25) is 10.1 Å². The van der Waals surface area contributed by atoms with Crippen LogP contribution in [0.2, 0.25) is 5.02 Å². The normalized spacial score (nSPS) is 11.5. The van der Waals surface area contributed by atoms with Crippen LogP contribution in [0.15, 0.2) is 42.5 Å². The highest BCUT2D eigenvalue weighted by molar-refractivity contribution is 6.30. The first-order valence-corrected chi connectivity index (χ1v) is 6.59. The minimum Gasteiger partial charge on any atom is -0.373 e. The third kappa shape index (κ3) is 3.50. The van der Waals surface area contributed by atoms with Crippen LogP contribution in [0.1, 0.15) is 24.1 Å². The summed E-state index contributed by atoms with van der Waals surface area (Å²) in [4.78, 5) is 10.6. The van der Waals surface area contributed by atoms with Crippen molar-refractivity contribution in [3.8, 4) is 6.07 Å². The van der Waals surface area contributed by atoms with Gasteiger partial charge < -0.3 is 5.32 Å². The SMILES string of the molecule is CC(Nc1cc(C#N)ccc1[N+](=O)[O-])c1ccc(Cl)cc1. The second-order valence-electron chi connectivity index (χ2n) is 4.52. The Labute approximate surface area is 126 Å². The van der Waals surface area contributed by atoms with E-state index in [-0.39, 0.29) is 11.7 Å². The molecule has 21 heavy (non-hydrogen) atoms. The van der Waals surface area contributed by atoms with Crippen molar-refractivity contribution in [1.82, 2.24) is 0 Å². The average molecular weight is 302 g/mol. The van der Waals surface area contributed by atoms with E-state index < -0.39 is 4.92 Å². The molecule has 0 fully saturated rings. The number of benzene rings is 2. The second-order valence-corrected chi connectivity index (χ2v) is 4.95. The van der Waals surface area contributed by atoms with Gasteiger partial charge >= 0.3 is 0 Å². The highest BCUT2D eigenvalue weighted by Crippen LogP contribution is 2.29. The number of nitro groups is 1. The molecular formula is C15H12ClN3O2. The third-order valence-electron chi connectivity index (χ3n) is 3.06. The zero-order valence-corrected chi connectivity index (χ0v) is 12.0. The van der Waals surface area contributed by atoms with E-state index in [1.807, 2.05) is 25.1 Å². The lowest BCUT2D eigenvalue weighted by molar-refractivity contribution is -0.384. The molecular weight excluding hydrogens is 290 g/mol. The van der Waals surface area contributed by atoms with Crippen LogP contribution in [-0.4, -0.2) is 4.92 Å². The van der Waals surface area contributed by atoms with Gasteiger partial charge in [-0.25, -0.2) is 0 Å². The van der Waals surface area contributed by atoms with Gasteiger partial charge in [0.15, 0.2) is 0 Å². The van der Waals surface area contributed by atoms with Crippen molar-refractivity contribution in [3.05, 3.63) is 68.7 Å². The molecule has 0 amide bonds. The van der Waals surface area contributed by atoms with Gasteiger partial charge in [0.25, 0.3) is 5.69 Å². The molecule has 2 aromatic rings. The molecule has 106 valence electrons. The van der Waals surface area contributed by atoms with Gasteiger partial charge in [0.2, 0.25) is 0 Å². The van der Waals surface area contributed by atoms with E-state index in [0.29, 0.717) is 16.3 Å². The van der Waals surface area contributed by atoms with Crippen molar-refractivity contribution in [1.29, 1.82) is 5.26 Å². The Kier molecular flexibility index (Phi) is 4.41. The lowest BCUT2D eigenvalue weighted by atomic mass is 10.1. The van der Waals surface area contributed by atoms with E-state index in [2.05, 4.69) is 5.32 Å². The fourth-order valence-electron chi connectivity index (χ4n) is 1.95. The molecule has 1 atom stereocenters. The van der Waals surface area contributed by atoms with Gasteiger partial charge in [0, 0.05) is 17.1 Å². The second kappa shape index (κ2) is 6.25. The molecule has 6 heteroatoms. The van der Waals surface area contributed by atoms with Gasteiger partial charge in [-0.15, -0.1) is 0 Å². The van der Waals surface area contributed by atoms with Gasteiger partial charge in [-0.1, -0.05) is 23.7 Å². The summed E-state index contributed by atoms with van der Waals surface area (Å²) < 4.78 is 0. The minimum atomic E-state index is -0.474. The molecule has 2 aromatic carbocycles. The number of nitriles is 1. The van der Waals surface area contributed by atoms with Crippen LogP contribution < -0.4 is 5.32 Å². The molecule has 2 rings (SSSR count). The Morgan fingerprint density at radius 2 is 1.95 bits per heavy atom. The molecule has 1 N–H and O–H groups in total. The maximum Gasteiger partial charge on any atom is 0.292 e. The number of nitro benzene ring substituents is 1. The molecule has 0 spiro atoms. The number of nitrogens with zero attached hydrogens (tertiary/aromatic N) is 2. The zero-order valence-electron chi connectivity index (χ0n) is 11.2. The zero-order chi connectivity index (χ0) is 15.4. The van der Waals surface area contributed by atoms with Crippen molar-refractivity contribution in [2.75, 3.05) is 5.32 Å². The van der Waals surface area contributed by atoms with E-state index >= 15 is 0 Å². The molecule has 0 radical (unpaired) electrons. The van der Waals surface area contributed by atoms with Crippen molar-refractivity contribution >= 4 is 23.0 Å². The summed E-state index contributed by atoms with van der Waals surface area (Å²) >= 11 is 5.84.